The van der Waals surface area contributed by atoms with E-state index in [1.54, 1.807) is 0 Å². The Morgan fingerprint density at radius 3 is 2.89 bits per heavy atom. The number of rotatable bonds is 4. The summed E-state index contributed by atoms with van der Waals surface area (Å²) in [5.41, 5.74) is 1.23. The Morgan fingerprint density at radius 1 is 1.39 bits per heavy atom. The highest BCUT2D eigenvalue weighted by Crippen LogP contribution is 2.41. The zero-order valence-electron chi connectivity index (χ0n) is 10.1. The van der Waals surface area contributed by atoms with Gasteiger partial charge in [-0.25, -0.2) is 0 Å². The van der Waals surface area contributed by atoms with Gasteiger partial charge in [0.25, 0.3) is 0 Å². The van der Waals surface area contributed by atoms with Crippen LogP contribution >= 0.6 is 27.7 Å². The molecule has 1 aromatic rings. The third-order valence-electron chi connectivity index (χ3n) is 3.59. The molecule has 1 fully saturated rings. The second-order valence-corrected chi connectivity index (χ2v) is 6.71. The summed E-state index contributed by atoms with van der Waals surface area (Å²) in [7, 11) is 0. The lowest BCUT2D eigenvalue weighted by Crippen LogP contribution is -2.38. The van der Waals surface area contributed by atoms with E-state index in [1.165, 1.54) is 23.3 Å². The molecule has 1 aromatic carbocycles. The van der Waals surface area contributed by atoms with Crippen LogP contribution in [-0.2, 0) is 4.79 Å². The lowest BCUT2D eigenvalue weighted by molar-refractivity contribution is -0.132. The highest BCUT2D eigenvalue weighted by Gasteiger charge is 2.38. The van der Waals surface area contributed by atoms with E-state index in [0.29, 0.717) is 11.9 Å². The Labute approximate surface area is 120 Å². The third-order valence-corrected chi connectivity index (χ3v) is 5.13. The van der Waals surface area contributed by atoms with E-state index in [1.807, 2.05) is 17.8 Å². The Hall–Kier alpha value is -0.480. The molecule has 3 rings (SSSR count). The summed E-state index contributed by atoms with van der Waals surface area (Å²) in [5, 5.41) is 0.872. The van der Waals surface area contributed by atoms with Gasteiger partial charge in [0.1, 0.15) is 0 Å². The second-order valence-electron chi connectivity index (χ2n) is 4.85. The summed E-state index contributed by atoms with van der Waals surface area (Å²) in [6, 6.07) is 8.83. The molecular weight excluding hydrogens is 310 g/mol. The second kappa shape index (κ2) is 5.25. The fourth-order valence-electron chi connectivity index (χ4n) is 2.52. The number of nitrogens with zero attached hydrogens (tertiary/aromatic N) is 1. The Balaban J connectivity index is 1.80. The van der Waals surface area contributed by atoms with Gasteiger partial charge in [0.05, 0.1) is 5.92 Å². The molecule has 2 aliphatic rings. The molecule has 96 valence electrons. The molecular formula is C14H16BrNOS. The fourth-order valence-corrected chi connectivity index (χ4v) is 4.12. The van der Waals surface area contributed by atoms with Gasteiger partial charge in [0.2, 0.25) is 5.91 Å². The maximum atomic E-state index is 12.7. The van der Waals surface area contributed by atoms with Crippen molar-refractivity contribution >= 4 is 33.6 Å². The van der Waals surface area contributed by atoms with Crippen LogP contribution in [0.15, 0.2) is 29.2 Å². The smallest absolute Gasteiger partial charge is 0.231 e. The van der Waals surface area contributed by atoms with Crippen LogP contribution in [0.3, 0.4) is 0 Å². The van der Waals surface area contributed by atoms with Crippen LogP contribution in [0.25, 0.3) is 0 Å². The van der Waals surface area contributed by atoms with Crippen molar-refractivity contribution in [2.24, 2.45) is 0 Å². The monoisotopic (exact) mass is 325 g/mol. The molecule has 18 heavy (non-hydrogen) atoms. The molecule has 1 atom stereocenters. The number of carbonyl (C=O) groups is 1. The van der Waals surface area contributed by atoms with Gasteiger partial charge in [-0.05, 0) is 24.5 Å². The average Bonchev–Trinajstić information content (AvgIpc) is 3.14. The van der Waals surface area contributed by atoms with Crippen molar-refractivity contribution in [3.05, 3.63) is 29.8 Å². The number of hydrogen-bond acceptors (Lipinski definition) is 2. The molecule has 0 spiro atoms. The van der Waals surface area contributed by atoms with Crippen LogP contribution in [0.5, 0.6) is 0 Å². The molecule has 0 saturated heterocycles. The van der Waals surface area contributed by atoms with Crippen LogP contribution < -0.4 is 0 Å². The van der Waals surface area contributed by atoms with Crippen molar-refractivity contribution in [3.63, 3.8) is 0 Å². The number of thioether (sulfide) groups is 1. The van der Waals surface area contributed by atoms with Crippen LogP contribution in [0.2, 0.25) is 0 Å². The topological polar surface area (TPSA) is 20.3 Å². The molecule has 1 saturated carbocycles. The van der Waals surface area contributed by atoms with Crippen LogP contribution in [-0.4, -0.2) is 34.5 Å². The van der Waals surface area contributed by atoms with E-state index in [4.69, 9.17) is 0 Å². The van der Waals surface area contributed by atoms with Crippen molar-refractivity contribution in [3.8, 4) is 0 Å². The van der Waals surface area contributed by atoms with E-state index in [2.05, 4.69) is 39.0 Å². The normalized spacial score (nSPS) is 21.7. The number of halogens is 1. The van der Waals surface area contributed by atoms with Crippen LogP contribution in [0.1, 0.15) is 24.3 Å². The summed E-state index contributed by atoms with van der Waals surface area (Å²) in [6.07, 6.45) is 2.36. The molecule has 0 aromatic heterocycles. The largest absolute Gasteiger partial charge is 0.338 e. The van der Waals surface area contributed by atoms with Gasteiger partial charge < -0.3 is 4.90 Å². The zero-order valence-corrected chi connectivity index (χ0v) is 12.5. The predicted octanol–water partition coefficient (Wildman–Crippen LogP) is 3.26. The van der Waals surface area contributed by atoms with E-state index in [9.17, 15) is 4.79 Å². The summed E-state index contributed by atoms with van der Waals surface area (Å²) >= 11 is 5.27. The first-order valence-electron chi connectivity index (χ1n) is 6.39. The quantitative estimate of drug-likeness (QED) is 0.792. The average molecular weight is 326 g/mol. The number of benzene rings is 1. The first-order valence-corrected chi connectivity index (χ1v) is 8.50. The fraction of sp³-hybridized carbons (Fsp3) is 0.500. The third kappa shape index (κ3) is 2.32. The van der Waals surface area contributed by atoms with E-state index in [0.717, 1.165) is 17.6 Å². The van der Waals surface area contributed by atoms with Gasteiger partial charge in [-0.3, -0.25) is 4.79 Å². The lowest BCUT2D eigenvalue weighted by Gasteiger charge is -2.25. The minimum Gasteiger partial charge on any atom is -0.338 e. The van der Waals surface area contributed by atoms with Crippen molar-refractivity contribution in [1.82, 2.24) is 4.90 Å². The predicted molar refractivity (Wildman–Crippen MR) is 78.4 cm³/mol. The SMILES string of the molecule is O=C(C1CSc2ccccc21)N(CCBr)C1CC1. The summed E-state index contributed by atoms with van der Waals surface area (Å²) in [4.78, 5) is 16.0. The number of carbonyl (C=O) groups excluding carboxylic acids is 1. The summed E-state index contributed by atoms with van der Waals surface area (Å²) in [5.74, 6) is 1.31. The Morgan fingerprint density at radius 2 is 2.17 bits per heavy atom. The van der Waals surface area contributed by atoms with Gasteiger partial charge in [-0.1, -0.05) is 34.1 Å². The van der Waals surface area contributed by atoms with E-state index >= 15 is 0 Å². The van der Waals surface area contributed by atoms with Crippen molar-refractivity contribution < 1.29 is 4.79 Å². The lowest BCUT2D eigenvalue weighted by atomic mass is 10.00. The van der Waals surface area contributed by atoms with Crippen molar-refractivity contribution in [2.45, 2.75) is 29.7 Å². The molecule has 1 amide bonds. The van der Waals surface area contributed by atoms with Crippen LogP contribution in [0, 0.1) is 0 Å². The van der Waals surface area contributed by atoms with Crippen molar-refractivity contribution in [1.29, 1.82) is 0 Å². The van der Waals surface area contributed by atoms with Gasteiger partial charge in [0, 0.05) is 28.6 Å². The maximum absolute atomic E-state index is 12.7. The number of amides is 1. The maximum Gasteiger partial charge on any atom is 0.231 e. The number of fused-ring (bicyclic) bond motifs is 1. The van der Waals surface area contributed by atoms with Gasteiger partial charge in [0.15, 0.2) is 0 Å². The molecule has 1 heterocycles. The highest BCUT2D eigenvalue weighted by molar-refractivity contribution is 9.09. The molecule has 4 heteroatoms. The molecule has 0 N–H and O–H groups in total. The minimum atomic E-state index is 0.0749. The zero-order chi connectivity index (χ0) is 12.5. The summed E-state index contributed by atoms with van der Waals surface area (Å²) in [6.45, 7) is 0.840. The van der Waals surface area contributed by atoms with E-state index < -0.39 is 0 Å². The van der Waals surface area contributed by atoms with Crippen molar-refractivity contribution in [2.75, 3.05) is 17.6 Å². The first-order chi connectivity index (χ1) is 8.81. The Bertz CT molecular complexity index is 461. The van der Waals surface area contributed by atoms with Gasteiger partial charge in [-0.2, -0.15) is 0 Å². The Kier molecular flexibility index (Phi) is 3.66. The summed E-state index contributed by atoms with van der Waals surface area (Å²) < 4.78 is 0. The molecule has 0 radical (unpaired) electrons. The number of hydrogen-bond donors (Lipinski definition) is 0. The highest BCUT2D eigenvalue weighted by atomic mass is 79.9. The molecule has 1 aliphatic carbocycles. The molecule has 1 aliphatic heterocycles. The standard InChI is InChI=1S/C14H16BrNOS/c15-7-8-16(10-5-6-10)14(17)12-9-18-13-4-2-1-3-11(12)13/h1-4,10,12H,5-9H2. The molecule has 1 unspecified atom stereocenters. The molecule has 2 nitrogen and oxygen atoms in total. The van der Waals surface area contributed by atoms with Crippen LogP contribution in [0.4, 0.5) is 0 Å². The molecule has 0 bridgehead atoms. The number of alkyl halides is 1. The minimum absolute atomic E-state index is 0.0749. The first kappa shape index (κ1) is 12.5. The van der Waals surface area contributed by atoms with E-state index in [-0.39, 0.29) is 5.92 Å². The van der Waals surface area contributed by atoms with Gasteiger partial charge >= 0.3 is 0 Å². The van der Waals surface area contributed by atoms with Gasteiger partial charge in [-0.15, -0.1) is 11.8 Å².